The summed E-state index contributed by atoms with van der Waals surface area (Å²) in [7, 11) is 0. The minimum Gasteiger partial charge on any atom is -0.351 e. The van der Waals surface area contributed by atoms with Gasteiger partial charge in [0, 0.05) is 55.4 Å². The number of hydrogen-bond acceptors (Lipinski definition) is 5. The maximum atomic E-state index is 13.0. The van der Waals surface area contributed by atoms with E-state index in [-0.39, 0.29) is 18.4 Å². The minimum atomic E-state index is -0.120. The Kier molecular flexibility index (Phi) is 6.82. The highest BCUT2D eigenvalue weighted by Gasteiger charge is 2.21. The summed E-state index contributed by atoms with van der Waals surface area (Å²) in [6.45, 7) is 4.99. The molecule has 1 aliphatic rings. The number of pyridine rings is 1. The van der Waals surface area contributed by atoms with Crippen LogP contribution in [-0.4, -0.2) is 57.4 Å². The molecule has 0 spiro atoms. The van der Waals surface area contributed by atoms with Crippen LogP contribution in [0.3, 0.4) is 0 Å². The number of nitrogens with one attached hydrogen (secondary N) is 2. The Morgan fingerprint density at radius 1 is 1.09 bits per heavy atom. The topological polar surface area (TPSA) is 92.2 Å². The van der Waals surface area contributed by atoms with Gasteiger partial charge in [0.05, 0.1) is 30.0 Å². The van der Waals surface area contributed by atoms with E-state index in [0.717, 1.165) is 41.3 Å². The molecule has 1 aromatic carbocycles. The van der Waals surface area contributed by atoms with Crippen molar-refractivity contribution in [2.45, 2.75) is 20.0 Å². The maximum absolute atomic E-state index is 13.0. The van der Waals surface area contributed by atoms with E-state index in [2.05, 4.69) is 20.6 Å². The van der Waals surface area contributed by atoms with Crippen LogP contribution in [0.2, 0.25) is 5.02 Å². The number of nitrogens with zero attached hydrogens (tertiary/aromatic N) is 4. The number of hydrogen-bond donors (Lipinski definition) is 2. The third-order valence-electron chi connectivity index (χ3n) is 5.34. The van der Waals surface area contributed by atoms with Gasteiger partial charge in [0.15, 0.2) is 0 Å². The van der Waals surface area contributed by atoms with Gasteiger partial charge in [-0.1, -0.05) is 23.7 Å². The molecule has 0 unspecified atom stereocenters. The highest BCUT2D eigenvalue weighted by atomic mass is 35.5. The first-order valence-corrected chi connectivity index (χ1v) is 10.9. The molecule has 8 nitrogen and oxygen atoms in total. The van der Waals surface area contributed by atoms with Crippen LogP contribution in [0.4, 0.5) is 0 Å². The molecule has 4 rings (SSSR count). The zero-order valence-electron chi connectivity index (χ0n) is 17.8. The molecule has 1 aliphatic heterocycles. The molecule has 0 saturated carbocycles. The summed E-state index contributed by atoms with van der Waals surface area (Å²) < 4.78 is 1.88. The Morgan fingerprint density at radius 2 is 1.84 bits per heavy atom. The molecule has 1 saturated heterocycles. The summed E-state index contributed by atoms with van der Waals surface area (Å²) in [5.74, 6) is -0.0638. The average Bonchev–Trinajstić information content (AvgIpc) is 3.22. The molecule has 0 bridgehead atoms. The molecule has 32 heavy (non-hydrogen) atoms. The Hall–Kier alpha value is -3.23. The normalized spacial score (nSPS) is 13.8. The van der Waals surface area contributed by atoms with Gasteiger partial charge in [0.2, 0.25) is 11.8 Å². The van der Waals surface area contributed by atoms with Gasteiger partial charge < -0.3 is 20.1 Å². The fourth-order valence-corrected chi connectivity index (χ4v) is 3.85. The molecule has 166 valence electrons. The van der Waals surface area contributed by atoms with Gasteiger partial charge in [-0.3, -0.25) is 14.6 Å². The van der Waals surface area contributed by atoms with Crippen molar-refractivity contribution in [1.29, 1.82) is 0 Å². The van der Waals surface area contributed by atoms with Gasteiger partial charge in [0.1, 0.15) is 6.54 Å². The number of carbonyl (C=O) groups excluding carboxylic acids is 2. The highest BCUT2D eigenvalue weighted by molar-refractivity contribution is 6.30. The molecule has 1 fully saturated rings. The van der Waals surface area contributed by atoms with Gasteiger partial charge in [-0.25, -0.2) is 4.98 Å². The first kappa shape index (κ1) is 22.0. The number of halogens is 1. The fourth-order valence-electron chi connectivity index (χ4n) is 3.72. The Labute approximate surface area is 191 Å². The molecule has 3 heterocycles. The highest BCUT2D eigenvalue weighted by Crippen LogP contribution is 2.32. The lowest BCUT2D eigenvalue weighted by atomic mass is 10.0. The van der Waals surface area contributed by atoms with Gasteiger partial charge in [-0.05, 0) is 24.3 Å². The lowest BCUT2D eigenvalue weighted by Crippen LogP contribution is -2.47. The Bertz CT molecular complexity index is 1110. The fraction of sp³-hybridized carbons (Fsp3) is 0.304. The van der Waals surface area contributed by atoms with E-state index in [9.17, 15) is 9.59 Å². The van der Waals surface area contributed by atoms with Crippen molar-refractivity contribution in [3.05, 3.63) is 59.6 Å². The third-order valence-corrected chi connectivity index (χ3v) is 5.59. The molecule has 0 radical (unpaired) electrons. The van der Waals surface area contributed by atoms with Crippen molar-refractivity contribution >= 4 is 23.4 Å². The first-order chi connectivity index (χ1) is 15.5. The summed E-state index contributed by atoms with van der Waals surface area (Å²) >= 11 is 6.07. The number of benzene rings is 1. The molecule has 2 amide bonds. The van der Waals surface area contributed by atoms with Crippen LogP contribution in [0.1, 0.15) is 12.6 Å². The second-order valence-corrected chi connectivity index (χ2v) is 8.09. The van der Waals surface area contributed by atoms with Gasteiger partial charge in [-0.15, -0.1) is 0 Å². The van der Waals surface area contributed by atoms with E-state index in [1.165, 1.54) is 6.92 Å². The van der Waals surface area contributed by atoms with Crippen LogP contribution in [-0.2, 0) is 22.7 Å². The number of piperazine rings is 1. The minimum absolute atomic E-state index is 0.0559. The van der Waals surface area contributed by atoms with Crippen LogP contribution in [0.5, 0.6) is 0 Å². The van der Waals surface area contributed by atoms with Crippen molar-refractivity contribution in [3.8, 4) is 22.5 Å². The molecule has 3 aromatic rings. The monoisotopic (exact) mass is 452 g/mol. The van der Waals surface area contributed by atoms with Crippen molar-refractivity contribution in [2.24, 2.45) is 0 Å². The van der Waals surface area contributed by atoms with Crippen molar-refractivity contribution < 1.29 is 9.59 Å². The zero-order chi connectivity index (χ0) is 22.5. The van der Waals surface area contributed by atoms with E-state index >= 15 is 0 Å². The summed E-state index contributed by atoms with van der Waals surface area (Å²) in [5.41, 5.74) is 4.07. The molecule has 0 aliphatic carbocycles. The molecule has 2 aromatic heterocycles. The number of carbonyl (C=O) groups is 2. The number of rotatable bonds is 6. The number of amides is 2. The number of aromatic nitrogens is 3. The van der Waals surface area contributed by atoms with Gasteiger partial charge in [-0.2, -0.15) is 0 Å². The zero-order valence-corrected chi connectivity index (χ0v) is 18.6. The van der Waals surface area contributed by atoms with Gasteiger partial charge in [0.25, 0.3) is 0 Å². The van der Waals surface area contributed by atoms with Crippen LogP contribution < -0.4 is 10.6 Å². The maximum Gasteiger partial charge on any atom is 0.242 e. The molecular weight excluding hydrogens is 428 g/mol. The van der Waals surface area contributed by atoms with Gasteiger partial charge >= 0.3 is 0 Å². The molecule has 0 atom stereocenters. The Balaban J connectivity index is 1.71. The summed E-state index contributed by atoms with van der Waals surface area (Å²) in [4.78, 5) is 35.1. The second-order valence-electron chi connectivity index (χ2n) is 7.65. The first-order valence-electron chi connectivity index (χ1n) is 10.5. The standard InChI is InChI=1S/C23H25ClN6O2/c1-16(31)27-13-20-12-18(6-7-26-20)23-22(17-2-4-19(24)5-3-17)28-15-30(23)14-21(32)29-10-8-25-9-11-29/h2-7,12,15,25H,8-11,13-14H2,1H3,(H,27,31). The smallest absolute Gasteiger partial charge is 0.242 e. The van der Waals surface area contributed by atoms with Crippen LogP contribution in [0.15, 0.2) is 48.9 Å². The molecule has 9 heteroatoms. The predicted molar refractivity (Wildman–Crippen MR) is 123 cm³/mol. The van der Waals surface area contributed by atoms with E-state index in [1.807, 2.05) is 45.9 Å². The molecule has 2 N–H and O–H groups in total. The van der Waals surface area contributed by atoms with E-state index in [1.54, 1.807) is 12.5 Å². The second kappa shape index (κ2) is 9.93. The summed E-state index contributed by atoms with van der Waals surface area (Å²) in [5, 5.41) is 6.68. The van der Waals surface area contributed by atoms with Crippen LogP contribution in [0, 0.1) is 0 Å². The van der Waals surface area contributed by atoms with Crippen molar-refractivity contribution in [1.82, 2.24) is 30.1 Å². The predicted octanol–water partition coefficient (Wildman–Crippen LogP) is 2.33. The van der Waals surface area contributed by atoms with E-state index in [4.69, 9.17) is 11.6 Å². The average molecular weight is 453 g/mol. The quantitative estimate of drug-likeness (QED) is 0.599. The van der Waals surface area contributed by atoms with Crippen LogP contribution >= 0.6 is 11.6 Å². The van der Waals surface area contributed by atoms with Crippen molar-refractivity contribution in [2.75, 3.05) is 26.2 Å². The summed E-state index contributed by atoms with van der Waals surface area (Å²) in [6.07, 6.45) is 3.40. The SMILES string of the molecule is CC(=O)NCc1cc(-c2c(-c3ccc(Cl)cc3)ncn2CC(=O)N2CCNCC2)ccn1. The lowest BCUT2D eigenvalue weighted by Gasteiger charge is -2.27. The largest absolute Gasteiger partial charge is 0.351 e. The molecular formula is C23H25ClN6O2. The third kappa shape index (κ3) is 5.15. The van der Waals surface area contributed by atoms with E-state index in [0.29, 0.717) is 24.7 Å². The Morgan fingerprint density at radius 3 is 2.56 bits per heavy atom. The number of imidazole rings is 1. The van der Waals surface area contributed by atoms with Crippen molar-refractivity contribution in [3.63, 3.8) is 0 Å². The van der Waals surface area contributed by atoms with Crippen LogP contribution in [0.25, 0.3) is 22.5 Å². The summed E-state index contributed by atoms with van der Waals surface area (Å²) in [6, 6.07) is 11.3. The lowest BCUT2D eigenvalue weighted by molar-refractivity contribution is -0.132. The van der Waals surface area contributed by atoms with E-state index < -0.39 is 0 Å².